The summed E-state index contributed by atoms with van der Waals surface area (Å²) in [6.45, 7) is 4.45. The van der Waals surface area contributed by atoms with Gasteiger partial charge in [0, 0.05) is 12.8 Å². The highest BCUT2D eigenvalue weighted by atomic mass is 16.7. The number of carbonyl (C=O) groups excluding carboxylic acids is 3. The molecular formula is C62H97NO8. The average molecular weight is 984 g/mol. The molecule has 2 unspecified atom stereocenters. The lowest BCUT2D eigenvalue weighted by Crippen LogP contribution is -2.44. The third kappa shape index (κ3) is 52.8. The topological polar surface area (TPSA) is 111 Å². The van der Waals surface area contributed by atoms with E-state index < -0.39 is 24.3 Å². The molecule has 0 N–H and O–H groups in total. The van der Waals surface area contributed by atoms with Gasteiger partial charge < -0.3 is 33.3 Å². The summed E-state index contributed by atoms with van der Waals surface area (Å²) in [4.78, 5) is 36.7. The van der Waals surface area contributed by atoms with Crippen LogP contribution >= 0.6 is 0 Å². The van der Waals surface area contributed by atoms with Gasteiger partial charge in [-0.25, -0.2) is 0 Å². The number of carbonyl (C=O) groups is 3. The molecule has 0 aliphatic heterocycles. The molecule has 0 heterocycles. The van der Waals surface area contributed by atoms with Gasteiger partial charge in [-0.3, -0.25) is 9.59 Å². The molecule has 2 atom stereocenters. The minimum absolute atomic E-state index is 0.135. The van der Waals surface area contributed by atoms with Crippen molar-refractivity contribution < 1.29 is 42.9 Å². The van der Waals surface area contributed by atoms with Crippen LogP contribution in [0, 0.1) is 0 Å². The van der Waals surface area contributed by atoms with Crippen molar-refractivity contribution in [3.8, 4) is 0 Å². The summed E-state index contributed by atoms with van der Waals surface area (Å²) >= 11 is 0. The molecule has 71 heavy (non-hydrogen) atoms. The number of rotatable bonds is 47. The number of hydrogen-bond donors (Lipinski definition) is 0. The minimum atomic E-state index is -1.63. The number of hydrogen-bond acceptors (Lipinski definition) is 8. The molecule has 0 radical (unpaired) electrons. The Labute approximate surface area is 432 Å². The summed E-state index contributed by atoms with van der Waals surface area (Å²) in [6, 6.07) is 0. The third-order valence-electron chi connectivity index (χ3n) is 10.6. The number of allylic oxidation sites excluding steroid dienone is 24. The van der Waals surface area contributed by atoms with Crippen molar-refractivity contribution >= 4 is 17.9 Å². The number of nitrogens with zero attached hydrogens (tertiary/aromatic N) is 1. The number of quaternary nitrogens is 1. The fraction of sp³-hybridized carbons (Fsp3) is 0.565. The molecule has 9 heteroatoms. The molecule has 0 aromatic rings. The molecule has 0 fully saturated rings. The van der Waals surface area contributed by atoms with E-state index >= 15 is 0 Å². The van der Waals surface area contributed by atoms with E-state index in [1.54, 1.807) is 0 Å². The van der Waals surface area contributed by atoms with Gasteiger partial charge in [-0.05, 0) is 103 Å². The van der Waals surface area contributed by atoms with Crippen LogP contribution in [0.15, 0.2) is 146 Å². The Morgan fingerprint density at radius 3 is 1.18 bits per heavy atom. The van der Waals surface area contributed by atoms with E-state index in [1.807, 2.05) is 21.1 Å². The van der Waals surface area contributed by atoms with Gasteiger partial charge in [0.1, 0.15) is 13.2 Å². The van der Waals surface area contributed by atoms with Gasteiger partial charge in [0.25, 0.3) is 0 Å². The van der Waals surface area contributed by atoms with Crippen molar-refractivity contribution in [3.63, 3.8) is 0 Å². The monoisotopic (exact) mass is 984 g/mol. The summed E-state index contributed by atoms with van der Waals surface area (Å²) < 4.78 is 22.4. The van der Waals surface area contributed by atoms with E-state index in [2.05, 4.69) is 160 Å². The van der Waals surface area contributed by atoms with Crippen molar-refractivity contribution in [1.82, 2.24) is 0 Å². The molecule has 9 nitrogen and oxygen atoms in total. The van der Waals surface area contributed by atoms with Crippen LogP contribution in [0.4, 0.5) is 0 Å². The van der Waals surface area contributed by atoms with Gasteiger partial charge in [-0.2, -0.15) is 0 Å². The smallest absolute Gasteiger partial charge is 0.306 e. The van der Waals surface area contributed by atoms with E-state index in [-0.39, 0.29) is 38.6 Å². The number of ether oxygens (including phenoxy) is 4. The lowest BCUT2D eigenvalue weighted by atomic mass is 10.1. The van der Waals surface area contributed by atoms with Crippen LogP contribution in [0.5, 0.6) is 0 Å². The van der Waals surface area contributed by atoms with Gasteiger partial charge in [0.15, 0.2) is 12.4 Å². The van der Waals surface area contributed by atoms with E-state index in [9.17, 15) is 19.5 Å². The number of esters is 2. The first-order valence-electron chi connectivity index (χ1n) is 27.0. The maximum absolute atomic E-state index is 12.7. The van der Waals surface area contributed by atoms with E-state index in [4.69, 9.17) is 18.9 Å². The Balaban J connectivity index is 4.11. The molecule has 0 saturated heterocycles. The molecule has 0 aliphatic rings. The Morgan fingerprint density at radius 1 is 0.437 bits per heavy atom. The van der Waals surface area contributed by atoms with Crippen LogP contribution in [-0.4, -0.2) is 82.3 Å². The van der Waals surface area contributed by atoms with E-state index in [1.165, 1.54) is 0 Å². The second-order valence-electron chi connectivity index (χ2n) is 18.4. The SMILES string of the molecule is CC/C=C\C/C=C\C/C=C\C/C=C\C/C=C\C/C=C\C/C=C\C/C=C\C/C=C\C/C=C\C/C=C\C/C=C\CCCCCCC(=O)OC(COC(=O)CCCCCCC)COC(OCC[N+](C)(C)C)C(=O)[O-]. The molecule has 398 valence electrons. The average Bonchev–Trinajstić information content (AvgIpc) is 3.34. The predicted octanol–water partition coefficient (Wildman–Crippen LogP) is 14.3. The summed E-state index contributed by atoms with van der Waals surface area (Å²) in [5, 5.41) is 11.7. The first-order chi connectivity index (χ1) is 34.6. The lowest BCUT2D eigenvalue weighted by Gasteiger charge is -2.26. The van der Waals surface area contributed by atoms with Crippen molar-refractivity contribution in [3.05, 3.63) is 146 Å². The van der Waals surface area contributed by atoms with E-state index in [0.29, 0.717) is 17.4 Å². The number of carboxylic acid groups (broad SMARTS) is 1. The second-order valence-corrected chi connectivity index (χ2v) is 18.4. The molecule has 0 rings (SSSR count). The number of aliphatic carboxylic acids is 1. The molecule has 0 aliphatic carbocycles. The van der Waals surface area contributed by atoms with Crippen LogP contribution in [-0.2, 0) is 33.3 Å². The van der Waals surface area contributed by atoms with Crippen molar-refractivity contribution in [2.45, 2.75) is 180 Å². The highest BCUT2D eigenvalue weighted by Crippen LogP contribution is 2.11. The van der Waals surface area contributed by atoms with E-state index in [0.717, 1.165) is 135 Å². The third-order valence-corrected chi connectivity index (χ3v) is 10.6. The Hall–Kier alpha value is -4.83. The summed E-state index contributed by atoms with van der Waals surface area (Å²) in [5.74, 6) is -2.36. The van der Waals surface area contributed by atoms with Crippen LogP contribution in [0.1, 0.15) is 168 Å². The lowest BCUT2D eigenvalue weighted by molar-refractivity contribution is -0.870. The molecule has 0 amide bonds. The zero-order chi connectivity index (χ0) is 52.0. The van der Waals surface area contributed by atoms with Crippen LogP contribution < -0.4 is 5.11 Å². The number of likely N-dealkylation sites (N-methyl/N-ethyl adjacent to an activating group) is 1. The van der Waals surface area contributed by atoms with Crippen molar-refractivity contribution in [1.29, 1.82) is 0 Å². The molecule has 0 spiro atoms. The van der Waals surface area contributed by atoms with Gasteiger partial charge in [-0.1, -0.05) is 198 Å². The van der Waals surface area contributed by atoms with Crippen molar-refractivity contribution in [2.75, 3.05) is 47.5 Å². The maximum Gasteiger partial charge on any atom is 0.306 e. The van der Waals surface area contributed by atoms with Crippen LogP contribution in [0.3, 0.4) is 0 Å². The van der Waals surface area contributed by atoms with Gasteiger partial charge in [0.05, 0.1) is 40.3 Å². The molecule has 0 aromatic heterocycles. The minimum Gasteiger partial charge on any atom is -0.545 e. The highest BCUT2D eigenvalue weighted by molar-refractivity contribution is 5.70. The summed E-state index contributed by atoms with van der Waals surface area (Å²) in [5.41, 5.74) is 0. The molecule has 0 aromatic carbocycles. The van der Waals surface area contributed by atoms with Crippen LogP contribution in [0.2, 0.25) is 0 Å². The zero-order valence-electron chi connectivity index (χ0n) is 45.0. The Bertz CT molecular complexity index is 1670. The fourth-order valence-corrected chi connectivity index (χ4v) is 6.46. The maximum atomic E-state index is 12.7. The molecular weight excluding hydrogens is 887 g/mol. The highest BCUT2D eigenvalue weighted by Gasteiger charge is 2.21. The molecule has 0 saturated carbocycles. The van der Waals surface area contributed by atoms with Crippen LogP contribution in [0.25, 0.3) is 0 Å². The largest absolute Gasteiger partial charge is 0.545 e. The van der Waals surface area contributed by atoms with Crippen molar-refractivity contribution in [2.24, 2.45) is 0 Å². The normalized spacial score (nSPS) is 14.0. The standard InChI is InChI=1S/C62H97NO8/c1-6-8-10-12-13-14-15-16-17-18-19-20-21-22-23-24-25-26-27-28-29-30-31-32-33-34-35-36-37-38-39-40-41-42-43-44-45-46-47-49-51-53-60(65)71-58(56-69-59(64)52-50-48-11-9-7-2)57-70-62(61(66)67)68-55-54-63(3,4)5/h8,10,13-14,16-17,19-20,22-23,25-26,28-29,31-32,34-35,37-38,40-41,43-44,58,62H,6-7,9,11-12,15,18,21,24,27,30,33,36,39,42,45-57H2,1-5H3/b10-8-,14-13-,17-16-,20-19-,23-22-,26-25-,29-28-,32-31-,35-34-,38-37-,41-40-,44-43-. The second kappa shape index (κ2) is 51.5. The van der Waals surface area contributed by atoms with Gasteiger partial charge >= 0.3 is 11.9 Å². The quantitative estimate of drug-likeness (QED) is 0.0195. The predicted molar refractivity (Wildman–Crippen MR) is 296 cm³/mol. The number of carboxylic acids is 1. The summed E-state index contributed by atoms with van der Waals surface area (Å²) in [7, 11) is 5.88. The summed E-state index contributed by atoms with van der Waals surface area (Å²) in [6.07, 6.45) is 72.5. The molecule has 0 bridgehead atoms. The number of unbranched alkanes of at least 4 members (excludes halogenated alkanes) is 8. The first-order valence-corrected chi connectivity index (χ1v) is 27.0. The van der Waals surface area contributed by atoms with Gasteiger partial charge in [0.2, 0.25) is 0 Å². The van der Waals surface area contributed by atoms with Gasteiger partial charge in [-0.15, -0.1) is 0 Å². The Morgan fingerprint density at radius 2 is 0.803 bits per heavy atom. The fourth-order valence-electron chi connectivity index (χ4n) is 6.46. The zero-order valence-corrected chi connectivity index (χ0v) is 45.0. The Kier molecular flexibility index (Phi) is 48.0. The first kappa shape index (κ1) is 66.2.